The summed E-state index contributed by atoms with van der Waals surface area (Å²) >= 11 is 6.35. The lowest BCUT2D eigenvalue weighted by Gasteiger charge is -2.11. The van der Waals surface area contributed by atoms with Gasteiger partial charge in [0.15, 0.2) is 5.65 Å². The van der Waals surface area contributed by atoms with Gasteiger partial charge in [-0.25, -0.2) is 23.4 Å². The summed E-state index contributed by atoms with van der Waals surface area (Å²) in [5.74, 6) is 0.845. The van der Waals surface area contributed by atoms with E-state index in [2.05, 4.69) is 15.1 Å². The third-order valence-electron chi connectivity index (χ3n) is 4.79. The molecule has 1 saturated carbocycles. The van der Waals surface area contributed by atoms with Gasteiger partial charge in [-0.15, -0.1) is 0 Å². The minimum Gasteiger partial charge on any atom is -0.277 e. The molecule has 5 nitrogen and oxygen atoms in total. The number of hydrogen-bond acceptors (Lipinski definition) is 3. The number of halogens is 3. The number of rotatable bonds is 3. The second kappa shape index (κ2) is 5.48. The standard InChI is InChI=1S/C18H14ClF2N5/c1-9-14(16(20)21)25-17(10-5-6-10)22-8-13(18(25)24-9)26-15-11(7-23-26)3-2-4-12(15)19/h2-4,7-8,10,16H,5-6H2,1H3. The third kappa shape index (κ3) is 2.16. The highest BCUT2D eigenvalue weighted by molar-refractivity contribution is 6.35. The van der Waals surface area contributed by atoms with Crippen LogP contribution in [0.1, 0.15) is 42.4 Å². The molecule has 5 rings (SSSR count). The average Bonchev–Trinajstić information content (AvgIpc) is 3.25. The van der Waals surface area contributed by atoms with Gasteiger partial charge in [-0.3, -0.25) is 4.40 Å². The van der Waals surface area contributed by atoms with Crippen LogP contribution in [-0.4, -0.2) is 24.1 Å². The van der Waals surface area contributed by atoms with Gasteiger partial charge in [0.2, 0.25) is 0 Å². The molecule has 8 heteroatoms. The number of aromatic nitrogens is 5. The summed E-state index contributed by atoms with van der Waals surface area (Å²) in [6.07, 6.45) is 2.63. The molecule has 1 aromatic carbocycles. The molecule has 1 fully saturated rings. The first-order valence-electron chi connectivity index (χ1n) is 8.35. The zero-order chi connectivity index (χ0) is 18.0. The van der Waals surface area contributed by atoms with Gasteiger partial charge in [-0.05, 0) is 25.8 Å². The molecular formula is C18H14ClF2N5. The first-order chi connectivity index (χ1) is 12.6. The van der Waals surface area contributed by atoms with Crippen molar-refractivity contribution < 1.29 is 8.78 Å². The van der Waals surface area contributed by atoms with Crippen LogP contribution < -0.4 is 0 Å². The number of fused-ring (bicyclic) bond motifs is 2. The van der Waals surface area contributed by atoms with E-state index in [9.17, 15) is 8.78 Å². The molecule has 1 aliphatic rings. The van der Waals surface area contributed by atoms with E-state index < -0.39 is 6.43 Å². The molecule has 0 amide bonds. The van der Waals surface area contributed by atoms with Crippen LogP contribution in [0.5, 0.6) is 0 Å². The SMILES string of the molecule is Cc1nc2c(-n3ncc4cccc(Cl)c43)cnc(C3CC3)n2c1C(F)F. The van der Waals surface area contributed by atoms with E-state index in [1.54, 1.807) is 30.1 Å². The van der Waals surface area contributed by atoms with Crippen LogP contribution in [0.2, 0.25) is 5.02 Å². The summed E-state index contributed by atoms with van der Waals surface area (Å²) in [6, 6.07) is 5.51. The van der Waals surface area contributed by atoms with Crippen molar-refractivity contribution in [2.75, 3.05) is 0 Å². The molecule has 0 N–H and O–H groups in total. The van der Waals surface area contributed by atoms with Crippen molar-refractivity contribution >= 4 is 28.2 Å². The predicted molar refractivity (Wildman–Crippen MR) is 94.3 cm³/mol. The van der Waals surface area contributed by atoms with E-state index in [0.717, 1.165) is 18.2 Å². The van der Waals surface area contributed by atoms with Gasteiger partial charge in [-0.2, -0.15) is 5.10 Å². The lowest BCUT2D eigenvalue weighted by molar-refractivity contribution is 0.143. The van der Waals surface area contributed by atoms with Gasteiger partial charge < -0.3 is 0 Å². The Labute approximate surface area is 152 Å². The Kier molecular flexibility index (Phi) is 3.31. The smallest absolute Gasteiger partial charge is 0.277 e. The lowest BCUT2D eigenvalue weighted by atomic mass is 10.2. The molecular weight excluding hydrogens is 360 g/mol. The number of imidazole rings is 1. The van der Waals surface area contributed by atoms with Gasteiger partial charge in [-0.1, -0.05) is 23.7 Å². The molecule has 4 aromatic rings. The molecule has 132 valence electrons. The van der Waals surface area contributed by atoms with E-state index in [1.807, 2.05) is 12.1 Å². The van der Waals surface area contributed by atoms with Gasteiger partial charge in [0.25, 0.3) is 6.43 Å². The van der Waals surface area contributed by atoms with Crippen LogP contribution in [0.25, 0.3) is 22.2 Å². The maximum Gasteiger partial charge on any atom is 0.280 e. The molecule has 0 unspecified atom stereocenters. The van der Waals surface area contributed by atoms with Crippen LogP contribution in [-0.2, 0) is 0 Å². The average molecular weight is 374 g/mol. The maximum absolute atomic E-state index is 13.7. The number of benzene rings is 1. The third-order valence-corrected chi connectivity index (χ3v) is 5.10. The molecule has 0 atom stereocenters. The summed E-state index contributed by atoms with van der Waals surface area (Å²) in [6.45, 7) is 1.60. The largest absolute Gasteiger partial charge is 0.280 e. The highest BCUT2D eigenvalue weighted by Crippen LogP contribution is 2.41. The fourth-order valence-corrected chi connectivity index (χ4v) is 3.70. The Hall–Kier alpha value is -2.54. The van der Waals surface area contributed by atoms with Crippen LogP contribution in [0.15, 0.2) is 30.6 Å². The highest BCUT2D eigenvalue weighted by atomic mass is 35.5. The van der Waals surface area contributed by atoms with Crippen molar-refractivity contribution in [1.29, 1.82) is 0 Å². The monoisotopic (exact) mass is 373 g/mol. The molecule has 26 heavy (non-hydrogen) atoms. The molecule has 0 saturated heterocycles. The van der Waals surface area contributed by atoms with Gasteiger partial charge in [0.05, 0.1) is 28.6 Å². The minimum absolute atomic E-state index is 0.0983. The van der Waals surface area contributed by atoms with E-state index in [1.165, 1.54) is 4.40 Å². The van der Waals surface area contributed by atoms with Crippen molar-refractivity contribution in [3.05, 3.63) is 52.8 Å². The van der Waals surface area contributed by atoms with Crippen LogP contribution in [0.4, 0.5) is 8.78 Å². The van der Waals surface area contributed by atoms with E-state index >= 15 is 0 Å². The van der Waals surface area contributed by atoms with Crippen molar-refractivity contribution in [3.63, 3.8) is 0 Å². The number of aryl methyl sites for hydroxylation is 1. The number of nitrogens with zero attached hydrogens (tertiary/aromatic N) is 5. The van der Waals surface area contributed by atoms with Gasteiger partial charge in [0.1, 0.15) is 17.2 Å². The first-order valence-corrected chi connectivity index (χ1v) is 8.72. The topological polar surface area (TPSA) is 48.0 Å². The van der Waals surface area contributed by atoms with Crippen LogP contribution >= 0.6 is 11.6 Å². The Morgan fingerprint density at radius 3 is 2.77 bits per heavy atom. The van der Waals surface area contributed by atoms with E-state index in [4.69, 9.17) is 11.6 Å². The second-order valence-corrected chi connectivity index (χ2v) is 6.96. The van der Waals surface area contributed by atoms with Crippen molar-refractivity contribution in [2.24, 2.45) is 0 Å². The Bertz CT molecular complexity index is 1160. The molecule has 0 bridgehead atoms. The van der Waals surface area contributed by atoms with Crippen LogP contribution in [0, 0.1) is 6.92 Å². The Morgan fingerprint density at radius 1 is 1.23 bits per heavy atom. The molecule has 1 aliphatic carbocycles. The van der Waals surface area contributed by atoms with Crippen molar-refractivity contribution in [1.82, 2.24) is 24.1 Å². The maximum atomic E-state index is 13.7. The number of para-hydroxylation sites is 1. The normalized spacial score (nSPS) is 14.8. The summed E-state index contributed by atoms with van der Waals surface area (Å²) < 4.78 is 30.6. The first kappa shape index (κ1) is 15.7. The Balaban J connectivity index is 1.87. The fraction of sp³-hybridized carbons (Fsp3) is 0.278. The van der Waals surface area contributed by atoms with E-state index in [-0.39, 0.29) is 11.6 Å². The molecule has 0 aliphatic heterocycles. The number of alkyl halides is 2. The quantitative estimate of drug-likeness (QED) is 0.516. The lowest BCUT2D eigenvalue weighted by Crippen LogP contribution is -2.08. The second-order valence-electron chi connectivity index (χ2n) is 6.55. The summed E-state index contributed by atoms with van der Waals surface area (Å²) in [5.41, 5.74) is 1.88. The Morgan fingerprint density at radius 2 is 2.04 bits per heavy atom. The zero-order valence-corrected chi connectivity index (χ0v) is 14.6. The molecule has 3 heterocycles. The number of hydrogen-bond donors (Lipinski definition) is 0. The highest BCUT2D eigenvalue weighted by Gasteiger charge is 2.32. The minimum atomic E-state index is -2.63. The predicted octanol–water partition coefficient (Wildman–Crippen LogP) is 4.85. The van der Waals surface area contributed by atoms with Crippen molar-refractivity contribution in [2.45, 2.75) is 32.1 Å². The molecule has 0 radical (unpaired) electrons. The zero-order valence-electron chi connectivity index (χ0n) is 13.8. The summed E-state index contributed by atoms with van der Waals surface area (Å²) in [5, 5.41) is 5.79. The van der Waals surface area contributed by atoms with Gasteiger partial charge >= 0.3 is 0 Å². The van der Waals surface area contributed by atoms with Crippen LogP contribution in [0.3, 0.4) is 0 Å². The van der Waals surface area contributed by atoms with E-state index in [0.29, 0.717) is 33.4 Å². The van der Waals surface area contributed by atoms with Crippen molar-refractivity contribution in [3.8, 4) is 5.69 Å². The molecule has 0 spiro atoms. The summed E-state index contributed by atoms with van der Waals surface area (Å²) in [4.78, 5) is 8.94. The fourth-order valence-electron chi connectivity index (χ4n) is 3.44. The summed E-state index contributed by atoms with van der Waals surface area (Å²) in [7, 11) is 0. The van der Waals surface area contributed by atoms with Gasteiger partial charge in [0, 0.05) is 11.3 Å². The molecule has 3 aromatic heterocycles.